The number of hydrogen-bond donors (Lipinski definition) is 0. The third-order valence-corrected chi connectivity index (χ3v) is 3.96. The molecule has 0 spiro atoms. The molecular formula is C13H15N3O4S. The molecule has 0 radical (unpaired) electrons. The summed E-state index contributed by atoms with van der Waals surface area (Å²) in [6.07, 6.45) is 3.74. The number of morpholine rings is 1. The number of carbonyl (C=O) groups is 2. The molecule has 1 fully saturated rings. The molecular weight excluding hydrogens is 294 g/mol. The van der Waals surface area contributed by atoms with Gasteiger partial charge >= 0.3 is 5.97 Å². The third kappa shape index (κ3) is 3.40. The van der Waals surface area contributed by atoms with Gasteiger partial charge in [-0.2, -0.15) is 0 Å². The number of rotatable bonds is 4. The number of carbonyl (C=O) groups excluding carboxylic acids is 2. The zero-order valence-corrected chi connectivity index (χ0v) is 12.2. The Balaban J connectivity index is 1.47. The number of imidazole rings is 1. The molecule has 0 bridgehead atoms. The van der Waals surface area contributed by atoms with E-state index >= 15 is 0 Å². The summed E-state index contributed by atoms with van der Waals surface area (Å²) in [6.45, 7) is 1.94. The van der Waals surface area contributed by atoms with Gasteiger partial charge in [-0.3, -0.25) is 14.0 Å². The minimum atomic E-state index is -0.442. The van der Waals surface area contributed by atoms with Crippen molar-refractivity contribution in [2.45, 2.75) is 6.42 Å². The Morgan fingerprint density at radius 2 is 2.19 bits per heavy atom. The van der Waals surface area contributed by atoms with Crippen molar-refractivity contribution in [2.24, 2.45) is 0 Å². The molecule has 0 unspecified atom stereocenters. The second-order valence-electron chi connectivity index (χ2n) is 4.66. The lowest BCUT2D eigenvalue weighted by atomic mass is 10.3. The number of fused-ring (bicyclic) bond motifs is 1. The summed E-state index contributed by atoms with van der Waals surface area (Å²) in [4.78, 5) is 30.3. The highest BCUT2D eigenvalue weighted by molar-refractivity contribution is 7.15. The first-order valence-corrected chi connectivity index (χ1v) is 7.52. The summed E-state index contributed by atoms with van der Waals surface area (Å²) in [6, 6.07) is 0. The number of amides is 1. The fourth-order valence-electron chi connectivity index (χ4n) is 2.11. The number of ether oxygens (including phenoxy) is 2. The molecule has 3 heterocycles. The maximum atomic E-state index is 11.8. The molecule has 0 atom stereocenters. The predicted octanol–water partition coefficient (Wildman–Crippen LogP) is 0.340. The molecule has 1 saturated heterocycles. The van der Waals surface area contributed by atoms with E-state index in [1.54, 1.807) is 11.1 Å². The molecule has 7 nitrogen and oxygen atoms in total. The van der Waals surface area contributed by atoms with E-state index in [9.17, 15) is 9.59 Å². The van der Waals surface area contributed by atoms with Crippen molar-refractivity contribution >= 4 is 28.2 Å². The van der Waals surface area contributed by atoms with Crippen molar-refractivity contribution in [1.29, 1.82) is 0 Å². The molecule has 0 aliphatic carbocycles. The van der Waals surface area contributed by atoms with E-state index in [2.05, 4.69) is 4.98 Å². The van der Waals surface area contributed by atoms with Crippen molar-refractivity contribution in [2.75, 3.05) is 32.9 Å². The molecule has 2 aromatic rings. The molecule has 2 aromatic heterocycles. The number of nitrogens with zero attached hydrogens (tertiary/aromatic N) is 3. The minimum absolute atomic E-state index is 0.0742. The highest BCUT2D eigenvalue weighted by atomic mass is 32.1. The molecule has 0 aromatic carbocycles. The second-order valence-corrected chi connectivity index (χ2v) is 5.53. The van der Waals surface area contributed by atoms with Crippen LogP contribution in [0, 0.1) is 0 Å². The molecule has 1 aliphatic heterocycles. The Morgan fingerprint density at radius 3 is 2.95 bits per heavy atom. The SMILES string of the molecule is O=C(Cc1cn2ccsc2n1)OCC(=O)N1CCOCC1. The molecule has 112 valence electrons. The standard InChI is InChI=1S/C13H15N3O4S/c17-11(15-1-4-19-5-2-15)9-20-12(18)7-10-8-16-3-6-21-13(16)14-10/h3,6,8H,1-2,4-5,7,9H2. The highest BCUT2D eigenvalue weighted by Gasteiger charge is 2.18. The maximum Gasteiger partial charge on any atom is 0.312 e. The Hall–Kier alpha value is -1.93. The average Bonchev–Trinajstić information content (AvgIpc) is 3.07. The first-order chi connectivity index (χ1) is 10.2. The first-order valence-electron chi connectivity index (χ1n) is 6.64. The third-order valence-electron chi connectivity index (χ3n) is 3.19. The van der Waals surface area contributed by atoms with Gasteiger partial charge in [0.05, 0.1) is 25.3 Å². The van der Waals surface area contributed by atoms with Crippen LogP contribution < -0.4 is 0 Å². The molecule has 0 saturated carbocycles. The van der Waals surface area contributed by atoms with Gasteiger partial charge in [0.1, 0.15) is 0 Å². The Kier molecular flexibility index (Phi) is 4.16. The smallest absolute Gasteiger partial charge is 0.312 e. The van der Waals surface area contributed by atoms with E-state index in [0.29, 0.717) is 32.0 Å². The normalized spacial score (nSPS) is 15.3. The van der Waals surface area contributed by atoms with Crippen molar-refractivity contribution in [3.63, 3.8) is 0 Å². The zero-order valence-electron chi connectivity index (χ0n) is 11.4. The summed E-state index contributed by atoms with van der Waals surface area (Å²) in [7, 11) is 0. The number of aromatic nitrogens is 2. The van der Waals surface area contributed by atoms with Gasteiger partial charge in [-0.25, -0.2) is 4.98 Å². The largest absolute Gasteiger partial charge is 0.455 e. The molecule has 1 amide bonds. The van der Waals surface area contributed by atoms with Gasteiger partial charge in [0.25, 0.3) is 5.91 Å². The lowest BCUT2D eigenvalue weighted by Crippen LogP contribution is -2.42. The predicted molar refractivity (Wildman–Crippen MR) is 75.1 cm³/mol. The molecule has 3 rings (SSSR count). The summed E-state index contributed by atoms with van der Waals surface area (Å²) in [5, 5.41) is 1.92. The van der Waals surface area contributed by atoms with Crippen LogP contribution in [-0.2, 0) is 25.5 Å². The molecule has 0 N–H and O–H groups in total. The van der Waals surface area contributed by atoms with Crippen LogP contribution in [0.4, 0.5) is 0 Å². The number of esters is 1. The van der Waals surface area contributed by atoms with Crippen molar-refractivity contribution < 1.29 is 19.1 Å². The van der Waals surface area contributed by atoms with E-state index in [1.165, 1.54) is 11.3 Å². The summed E-state index contributed by atoms with van der Waals surface area (Å²) < 4.78 is 12.0. The number of thiazole rings is 1. The van der Waals surface area contributed by atoms with E-state index in [0.717, 1.165) is 4.96 Å². The molecule has 8 heteroatoms. The van der Waals surface area contributed by atoms with Gasteiger partial charge in [-0.05, 0) is 0 Å². The van der Waals surface area contributed by atoms with Crippen LogP contribution in [0.2, 0.25) is 0 Å². The van der Waals surface area contributed by atoms with Gasteiger partial charge in [-0.15, -0.1) is 11.3 Å². The van der Waals surface area contributed by atoms with E-state index in [4.69, 9.17) is 9.47 Å². The van der Waals surface area contributed by atoms with Crippen LogP contribution in [0.25, 0.3) is 4.96 Å². The monoisotopic (exact) mass is 309 g/mol. The Labute approximate surface area is 125 Å². The lowest BCUT2D eigenvalue weighted by Gasteiger charge is -2.26. The highest BCUT2D eigenvalue weighted by Crippen LogP contribution is 2.12. The average molecular weight is 309 g/mol. The fourth-order valence-corrected chi connectivity index (χ4v) is 2.83. The zero-order chi connectivity index (χ0) is 14.7. The molecule has 21 heavy (non-hydrogen) atoms. The first kappa shape index (κ1) is 14.0. The Bertz CT molecular complexity index is 616. The van der Waals surface area contributed by atoms with Crippen molar-refractivity contribution in [3.8, 4) is 0 Å². The Morgan fingerprint density at radius 1 is 1.38 bits per heavy atom. The van der Waals surface area contributed by atoms with Crippen molar-refractivity contribution in [1.82, 2.24) is 14.3 Å². The maximum absolute atomic E-state index is 11.8. The summed E-state index contributed by atoms with van der Waals surface area (Å²) in [5.41, 5.74) is 0.644. The van der Waals surface area contributed by atoms with Crippen LogP contribution >= 0.6 is 11.3 Å². The van der Waals surface area contributed by atoms with Gasteiger partial charge in [0.2, 0.25) is 0 Å². The van der Waals surface area contributed by atoms with Crippen LogP contribution in [0.3, 0.4) is 0 Å². The van der Waals surface area contributed by atoms with Gasteiger partial charge in [0.15, 0.2) is 11.6 Å². The van der Waals surface area contributed by atoms with Crippen molar-refractivity contribution in [3.05, 3.63) is 23.5 Å². The van der Waals surface area contributed by atoms with Gasteiger partial charge in [0, 0.05) is 30.9 Å². The van der Waals surface area contributed by atoms with Crippen LogP contribution in [0.15, 0.2) is 17.8 Å². The topological polar surface area (TPSA) is 73.1 Å². The van der Waals surface area contributed by atoms with Gasteiger partial charge in [-0.1, -0.05) is 0 Å². The number of hydrogen-bond acceptors (Lipinski definition) is 6. The van der Waals surface area contributed by atoms with E-state index in [-0.39, 0.29) is 18.9 Å². The van der Waals surface area contributed by atoms with Crippen LogP contribution in [0.5, 0.6) is 0 Å². The fraction of sp³-hybridized carbons (Fsp3) is 0.462. The van der Waals surface area contributed by atoms with Gasteiger partial charge < -0.3 is 14.4 Å². The van der Waals surface area contributed by atoms with E-state index < -0.39 is 5.97 Å². The lowest BCUT2D eigenvalue weighted by molar-refractivity contribution is -0.153. The van der Waals surface area contributed by atoms with Crippen LogP contribution in [0.1, 0.15) is 5.69 Å². The minimum Gasteiger partial charge on any atom is -0.455 e. The van der Waals surface area contributed by atoms with Crippen LogP contribution in [-0.4, -0.2) is 59.1 Å². The van der Waals surface area contributed by atoms with E-state index in [1.807, 2.05) is 16.0 Å². The summed E-state index contributed by atoms with van der Waals surface area (Å²) >= 11 is 1.50. The second kappa shape index (κ2) is 6.23. The summed E-state index contributed by atoms with van der Waals surface area (Å²) in [5.74, 6) is -0.625. The quantitative estimate of drug-likeness (QED) is 0.762. The molecule has 1 aliphatic rings.